The number of anilines is 1. The zero-order valence-corrected chi connectivity index (χ0v) is 14.0. The van der Waals surface area contributed by atoms with Crippen LogP contribution in [0.4, 0.5) is 5.13 Å². The van der Waals surface area contributed by atoms with Gasteiger partial charge in [-0.25, -0.2) is 4.98 Å². The Kier molecular flexibility index (Phi) is 4.74. The molecule has 7 heteroatoms. The third kappa shape index (κ3) is 3.48. The Labute approximate surface area is 137 Å². The molecule has 0 radical (unpaired) electrons. The first-order chi connectivity index (χ1) is 10.8. The predicted molar refractivity (Wildman–Crippen MR) is 90.3 cm³/mol. The highest BCUT2D eigenvalue weighted by Gasteiger charge is 2.13. The van der Waals surface area contributed by atoms with Crippen LogP contribution in [0.15, 0.2) is 39.1 Å². The van der Waals surface area contributed by atoms with Crippen LogP contribution in [0.25, 0.3) is 11.5 Å². The summed E-state index contributed by atoms with van der Waals surface area (Å²) in [4.78, 5) is 4.59. The van der Waals surface area contributed by atoms with E-state index in [2.05, 4.69) is 20.5 Å². The average Bonchev–Trinajstić information content (AvgIpc) is 3.13. The minimum absolute atomic E-state index is 0.666. The third-order valence-electron chi connectivity index (χ3n) is 2.98. The van der Waals surface area contributed by atoms with Gasteiger partial charge in [-0.1, -0.05) is 41.3 Å². The minimum Gasteiger partial charge on any atom is -0.441 e. The van der Waals surface area contributed by atoms with Gasteiger partial charge in [0.25, 0.3) is 0 Å². The van der Waals surface area contributed by atoms with Crippen molar-refractivity contribution in [3.63, 3.8) is 0 Å². The Bertz CT molecular complexity index is 739. The van der Waals surface area contributed by atoms with Gasteiger partial charge in [0.2, 0.25) is 11.0 Å². The molecule has 0 bridgehead atoms. The topological polar surface area (TPSA) is 63.8 Å². The van der Waals surface area contributed by atoms with Crippen LogP contribution in [0.2, 0.25) is 0 Å². The molecule has 0 aliphatic carbocycles. The monoisotopic (exact) mass is 332 g/mol. The number of nitrogens with zero attached hydrogens (tertiary/aromatic N) is 3. The molecule has 0 saturated heterocycles. The number of benzene rings is 1. The van der Waals surface area contributed by atoms with Gasteiger partial charge in [-0.3, -0.25) is 0 Å². The molecule has 0 amide bonds. The van der Waals surface area contributed by atoms with Crippen LogP contribution in [0.3, 0.4) is 0 Å². The smallest absolute Gasteiger partial charge is 0.226 e. The molecule has 0 unspecified atom stereocenters. The highest BCUT2D eigenvalue weighted by molar-refractivity contribution is 8.00. The fraction of sp³-hybridized carbons (Fsp3) is 0.267. The molecule has 1 N–H and O–H groups in total. The molecule has 2 heterocycles. The van der Waals surface area contributed by atoms with Crippen molar-refractivity contribution in [1.29, 1.82) is 0 Å². The molecule has 0 aliphatic heterocycles. The molecule has 22 heavy (non-hydrogen) atoms. The van der Waals surface area contributed by atoms with E-state index in [1.807, 2.05) is 44.2 Å². The number of hydrogen-bond acceptors (Lipinski definition) is 7. The summed E-state index contributed by atoms with van der Waals surface area (Å²) >= 11 is 3.18. The number of oxazole rings is 1. The molecular weight excluding hydrogens is 316 g/mol. The van der Waals surface area contributed by atoms with E-state index < -0.39 is 0 Å². The molecule has 114 valence electrons. The fourth-order valence-electron chi connectivity index (χ4n) is 1.89. The molecule has 0 fully saturated rings. The average molecular weight is 332 g/mol. The summed E-state index contributed by atoms with van der Waals surface area (Å²) < 4.78 is 6.69. The summed E-state index contributed by atoms with van der Waals surface area (Å²) in [7, 11) is 0. The number of aromatic nitrogens is 3. The standard InChI is InChI=1S/C15H16N4OS2/c1-3-16-14-18-19-15(22-14)21-9-12-10(2)20-13(17-12)11-7-5-4-6-8-11/h4-8H,3,9H2,1-2H3,(H,16,18). The molecule has 3 aromatic rings. The van der Waals surface area contributed by atoms with Gasteiger partial charge in [0.15, 0.2) is 4.34 Å². The van der Waals surface area contributed by atoms with Gasteiger partial charge in [-0.15, -0.1) is 10.2 Å². The highest BCUT2D eigenvalue weighted by atomic mass is 32.2. The summed E-state index contributed by atoms with van der Waals surface area (Å²) in [5, 5.41) is 12.3. The molecular formula is C15H16N4OS2. The Morgan fingerprint density at radius 3 is 2.82 bits per heavy atom. The van der Waals surface area contributed by atoms with Gasteiger partial charge >= 0.3 is 0 Å². The van der Waals surface area contributed by atoms with E-state index in [0.717, 1.165) is 38.8 Å². The summed E-state index contributed by atoms with van der Waals surface area (Å²) in [6.07, 6.45) is 0. The maximum atomic E-state index is 5.76. The van der Waals surface area contributed by atoms with Gasteiger partial charge in [0, 0.05) is 17.9 Å². The predicted octanol–water partition coefficient (Wildman–Crippen LogP) is 4.23. The summed E-state index contributed by atoms with van der Waals surface area (Å²) in [5.74, 6) is 2.24. The fourth-order valence-corrected chi connectivity index (χ4v) is 3.71. The Balaban J connectivity index is 1.69. The first kappa shape index (κ1) is 15.1. The van der Waals surface area contributed by atoms with E-state index in [-0.39, 0.29) is 0 Å². The highest BCUT2D eigenvalue weighted by Crippen LogP contribution is 2.30. The Hall–Kier alpha value is -1.86. The quantitative estimate of drug-likeness (QED) is 0.682. The second-order valence-corrected chi connectivity index (χ2v) is 6.78. The number of hydrogen-bond donors (Lipinski definition) is 1. The van der Waals surface area contributed by atoms with Crippen molar-refractivity contribution in [3.8, 4) is 11.5 Å². The number of thioether (sulfide) groups is 1. The van der Waals surface area contributed by atoms with Gasteiger partial charge < -0.3 is 9.73 Å². The van der Waals surface area contributed by atoms with E-state index in [1.54, 1.807) is 23.1 Å². The largest absolute Gasteiger partial charge is 0.441 e. The Morgan fingerprint density at radius 1 is 1.23 bits per heavy atom. The van der Waals surface area contributed by atoms with E-state index in [9.17, 15) is 0 Å². The molecule has 0 atom stereocenters. The van der Waals surface area contributed by atoms with Crippen molar-refractivity contribution in [1.82, 2.24) is 15.2 Å². The van der Waals surface area contributed by atoms with Crippen LogP contribution < -0.4 is 5.32 Å². The zero-order valence-electron chi connectivity index (χ0n) is 12.4. The lowest BCUT2D eigenvalue weighted by atomic mass is 10.2. The number of nitrogens with one attached hydrogen (secondary N) is 1. The van der Waals surface area contributed by atoms with E-state index in [0.29, 0.717) is 5.89 Å². The first-order valence-electron chi connectivity index (χ1n) is 6.98. The van der Waals surface area contributed by atoms with Crippen LogP contribution in [0.1, 0.15) is 18.4 Å². The molecule has 1 aromatic carbocycles. The van der Waals surface area contributed by atoms with E-state index >= 15 is 0 Å². The lowest BCUT2D eigenvalue weighted by Crippen LogP contribution is -1.94. The summed E-state index contributed by atoms with van der Waals surface area (Å²) in [6, 6.07) is 9.93. The lowest BCUT2D eigenvalue weighted by Gasteiger charge is -1.94. The molecule has 3 rings (SSSR count). The summed E-state index contributed by atoms with van der Waals surface area (Å²) in [5.41, 5.74) is 1.94. The second kappa shape index (κ2) is 6.93. The van der Waals surface area contributed by atoms with Crippen LogP contribution in [-0.2, 0) is 5.75 Å². The van der Waals surface area contributed by atoms with Crippen molar-refractivity contribution in [2.75, 3.05) is 11.9 Å². The van der Waals surface area contributed by atoms with E-state index in [4.69, 9.17) is 4.42 Å². The SMILES string of the molecule is CCNc1nnc(SCc2nc(-c3ccccc3)oc2C)s1. The maximum Gasteiger partial charge on any atom is 0.226 e. The van der Waals surface area contributed by atoms with Crippen molar-refractivity contribution in [2.24, 2.45) is 0 Å². The van der Waals surface area contributed by atoms with Crippen molar-refractivity contribution < 1.29 is 4.42 Å². The van der Waals surface area contributed by atoms with Crippen molar-refractivity contribution in [3.05, 3.63) is 41.8 Å². The van der Waals surface area contributed by atoms with Gasteiger partial charge in [0.1, 0.15) is 5.76 Å². The second-order valence-electron chi connectivity index (χ2n) is 4.58. The molecule has 0 aliphatic rings. The van der Waals surface area contributed by atoms with Gasteiger partial charge in [0.05, 0.1) is 5.69 Å². The Morgan fingerprint density at radius 2 is 2.05 bits per heavy atom. The van der Waals surface area contributed by atoms with Gasteiger partial charge in [-0.05, 0) is 26.0 Å². The number of aryl methyl sites for hydroxylation is 1. The molecule has 5 nitrogen and oxygen atoms in total. The maximum absolute atomic E-state index is 5.76. The lowest BCUT2D eigenvalue weighted by molar-refractivity contribution is 0.540. The first-order valence-corrected chi connectivity index (χ1v) is 8.78. The zero-order chi connectivity index (χ0) is 15.4. The molecule has 2 aromatic heterocycles. The molecule has 0 spiro atoms. The van der Waals surface area contributed by atoms with Crippen LogP contribution in [-0.4, -0.2) is 21.7 Å². The van der Waals surface area contributed by atoms with E-state index in [1.165, 1.54) is 0 Å². The van der Waals surface area contributed by atoms with Crippen molar-refractivity contribution >= 4 is 28.2 Å². The van der Waals surface area contributed by atoms with Crippen LogP contribution >= 0.6 is 23.1 Å². The molecule has 0 saturated carbocycles. The minimum atomic E-state index is 0.666. The van der Waals surface area contributed by atoms with Crippen LogP contribution in [0, 0.1) is 6.92 Å². The van der Waals surface area contributed by atoms with Gasteiger partial charge in [-0.2, -0.15) is 0 Å². The van der Waals surface area contributed by atoms with Crippen LogP contribution in [0.5, 0.6) is 0 Å². The third-order valence-corrected chi connectivity index (χ3v) is 5.01. The normalized spacial score (nSPS) is 10.8. The van der Waals surface area contributed by atoms with Crippen molar-refractivity contribution in [2.45, 2.75) is 23.9 Å². The number of rotatable bonds is 6. The summed E-state index contributed by atoms with van der Waals surface area (Å²) in [6.45, 7) is 4.83.